The van der Waals surface area contributed by atoms with Gasteiger partial charge < -0.3 is 20.6 Å². The van der Waals surface area contributed by atoms with Gasteiger partial charge in [0.05, 0.1) is 18.3 Å². The van der Waals surface area contributed by atoms with Crippen molar-refractivity contribution < 1.29 is 23.5 Å². The molecule has 3 atom stereocenters. The molecule has 0 bridgehead atoms. The number of halogens is 2. The van der Waals surface area contributed by atoms with Crippen LogP contribution in [0.4, 0.5) is 8.78 Å². The van der Waals surface area contributed by atoms with E-state index < -0.39 is 29.4 Å². The minimum absolute atomic E-state index is 0.0163. The molecule has 146 valence electrons. The van der Waals surface area contributed by atoms with Gasteiger partial charge in [0, 0.05) is 31.6 Å². The molecule has 4 rings (SSSR count). The van der Waals surface area contributed by atoms with Crippen LogP contribution in [-0.2, 0) is 9.59 Å². The van der Waals surface area contributed by atoms with Crippen LogP contribution < -0.4 is 5.73 Å². The van der Waals surface area contributed by atoms with Gasteiger partial charge in [-0.25, -0.2) is 13.6 Å². The van der Waals surface area contributed by atoms with Gasteiger partial charge in [-0.2, -0.15) is 0 Å². The molecule has 1 saturated carbocycles. The summed E-state index contributed by atoms with van der Waals surface area (Å²) in [5.41, 5.74) is 4.63. The number of hydrogen-bond acceptors (Lipinski definition) is 4. The number of carboxylic acid groups (broad SMARTS) is 1. The molecule has 27 heavy (non-hydrogen) atoms. The van der Waals surface area contributed by atoms with Gasteiger partial charge in [0.1, 0.15) is 11.2 Å². The highest BCUT2D eigenvalue weighted by molar-refractivity contribution is 6.16. The van der Waals surface area contributed by atoms with E-state index in [1.54, 1.807) is 11.8 Å². The third-order valence-corrected chi connectivity index (χ3v) is 6.17. The van der Waals surface area contributed by atoms with E-state index in [4.69, 9.17) is 5.73 Å². The summed E-state index contributed by atoms with van der Waals surface area (Å²) in [7, 11) is 0. The first kappa shape index (κ1) is 18.2. The van der Waals surface area contributed by atoms with Gasteiger partial charge in [0.25, 0.3) is 5.91 Å². The Bertz CT molecular complexity index is 802. The van der Waals surface area contributed by atoms with Crippen molar-refractivity contribution >= 4 is 11.9 Å². The summed E-state index contributed by atoms with van der Waals surface area (Å²) in [4.78, 5) is 26.9. The maximum absolute atomic E-state index is 15.0. The smallest absolute Gasteiger partial charge is 0.341 e. The summed E-state index contributed by atoms with van der Waals surface area (Å²) in [6.07, 6.45) is 4.75. The van der Waals surface area contributed by atoms with E-state index in [0.717, 1.165) is 19.0 Å². The molecule has 0 spiro atoms. The number of aliphatic carboxylic acids is 1. The van der Waals surface area contributed by atoms with Gasteiger partial charge in [-0.15, -0.1) is 0 Å². The molecule has 3 aliphatic heterocycles. The Morgan fingerprint density at radius 3 is 2.70 bits per heavy atom. The zero-order chi connectivity index (χ0) is 19.5. The average Bonchev–Trinajstić information content (AvgIpc) is 3.38. The van der Waals surface area contributed by atoms with E-state index >= 15 is 0 Å². The zero-order valence-electron chi connectivity index (χ0n) is 15.1. The minimum atomic E-state index is -1.54. The fourth-order valence-electron chi connectivity index (χ4n) is 4.58. The van der Waals surface area contributed by atoms with Crippen LogP contribution >= 0.6 is 0 Å². The van der Waals surface area contributed by atoms with Crippen molar-refractivity contribution in [3.05, 3.63) is 34.9 Å². The van der Waals surface area contributed by atoms with E-state index in [9.17, 15) is 23.5 Å². The van der Waals surface area contributed by atoms with Crippen LogP contribution in [0.2, 0.25) is 0 Å². The van der Waals surface area contributed by atoms with E-state index in [-0.39, 0.29) is 36.9 Å². The number of carbonyl (C=O) groups is 2. The molecule has 1 saturated heterocycles. The number of likely N-dealkylation sites (tertiary alicyclic amines) is 1. The minimum Gasteiger partial charge on any atom is -0.478 e. The predicted octanol–water partition coefficient (Wildman–Crippen LogP) is 1.71. The molecule has 1 aliphatic carbocycles. The number of carbonyl (C=O) groups excluding carboxylic acids is 1. The molecule has 0 aromatic heterocycles. The number of amides is 1. The van der Waals surface area contributed by atoms with Crippen molar-refractivity contribution in [2.75, 3.05) is 19.6 Å². The molecule has 8 heteroatoms. The molecule has 2 fully saturated rings. The topological polar surface area (TPSA) is 86.9 Å². The van der Waals surface area contributed by atoms with Crippen LogP contribution in [0.3, 0.4) is 0 Å². The van der Waals surface area contributed by atoms with Crippen LogP contribution in [0.5, 0.6) is 0 Å². The standard InChI is InChI=1S/C19H23F2N3O3/c1-10-15-12(11-2-3-11)6-13(18(26)27)17(25)24(15)7-14(20)16(10)23-5-4-19(21,8-22)9-23/h6-7,11-12,15H,2-5,8-9,22H2,1H3,(H,26,27). The Labute approximate surface area is 156 Å². The van der Waals surface area contributed by atoms with Crippen molar-refractivity contribution in [2.45, 2.75) is 37.9 Å². The maximum atomic E-state index is 15.0. The molecule has 0 aromatic rings. The molecule has 3 heterocycles. The number of alkyl halides is 1. The predicted molar refractivity (Wildman–Crippen MR) is 93.5 cm³/mol. The SMILES string of the molecule is CC1=C(N2CCC(F)(CN)C2)C(F)=CN2C(=O)C(C(=O)O)=CC(C3CC3)C12. The first-order chi connectivity index (χ1) is 12.8. The summed E-state index contributed by atoms with van der Waals surface area (Å²) >= 11 is 0. The number of nitrogens with two attached hydrogens (primary N) is 1. The van der Waals surface area contributed by atoms with Gasteiger partial charge in [-0.05, 0) is 31.3 Å². The Hall–Kier alpha value is -2.22. The Morgan fingerprint density at radius 1 is 1.44 bits per heavy atom. The molecular formula is C19H23F2N3O3. The highest BCUT2D eigenvalue weighted by atomic mass is 19.1. The summed E-state index contributed by atoms with van der Waals surface area (Å²) < 4.78 is 29.5. The fraction of sp³-hybridized carbons (Fsp3) is 0.579. The van der Waals surface area contributed by atoms with Crippen LogP contribution in [0, 0.1) is 11.8 Å². The summed E-state index contributed by atoms with van der Waals surface area (Å²) in [5.74, 6) is -2.55. The van der Waals surface area contributed by atoms with Crippen molar-refractivity contribution in [3.63, 3.8) is 0 Å². The first-order valence-electron chi connectivity index (χ1n) is 9.26. The lowest BCUT2D eigenvalue weighted by Crippen LogP contribution is -2.50. The van der Waals surface area contributed by atoms with Gasteiger partial charge in [-0.1, -0.05) is 6.08 Å². The van der Waals surface area contributed by atoms with Crippen molar-refractivity contribution in [2.24, 2.45) is 17.6 Å². The number of fused-ring (bicyclic) bond motifs is 1. The average molecular weight is 379 g/mol. The monoisotopic (exact) mass is 379 g/mol. The Balaban J connectivity index is 1.75. The molecule has 3 N–H and O–H groups in total. The third kappa shape index (κ3) is 2.86. The molecule has 0 radical (unpaired) electrons. The normalized spacial score (nSPS) is 33.9. The van der Waals surface area contributed by atoms with E-state index in [2.05, 4.69) is 0 Å². The number of nitrogens with zero attached hydrogens (tertiary/aromatic N) is 2. The molecule has 6 nitrogen and oxygen atoms in total. The quantitative estimate of drug-likeness (QED) is 0.726. The number of carboxylic acids is 1. The number of allylic oxidation sites excluding steroid dienone is 1. The van der Waals surface area contributed by atoms with Gasteiger partial charge >= 0.3 is 5.97 Å². The van der Waals surface area contributed by atoms with E-state index in [0.29, 0.717) is 17.8 Å². The first-order valence-corrected chi connectivity index (χ1v) is 9.26. The summed E-state index contributed by atoms with van der Waals surface area (Å²) in [5, 5.41) is 9.36. The largest absolute Gasteiger partial charge is 0.478 e. The fourth-order valence-corrected chi connectivity index (χ4v) is 4.58. The summed E-state index contributed by atoms with van der Waals surface area (Å²) in [6, 6.07) is -0.435. The third-order valence-electron chi connectivity index (χ3n) is 6.17. The Kier molecular flexibility index (Phi) is 4.14. The highest BCUT2D eigenvalue weighted by Gasteiger charge is 2.49. The lowest BCUT2D eigenvalue weighted by Gasteiger charge is -2.43. The second-order valence-corrected chi connectivity index (χ2v) is 7.99. The van der Waals surface area contributed by atoms with Crippen molar-refractivity contribution in [3.8, 4) is 0 Å². The van der Waals surface area contributed by atoms with Crippen LogP contribution in [0.25, 0.3) is 0 Å². The second-order valence-electron chi connectivity index (χ2n) is 7.99. The van der Waals surface area contributed by atoms with E-state index in [1.165, 1.54) is 11.0 Å². The van der Waals surface area contributed by atoms with Crippen molar-refractivity contribution in [1.82, 2.24) is 9.80 Å². The van der Waals surface area contributed by atoms with Crippen molar-refractivity contribution in [1.29, 1.82) is 0 Å². The summed E-state index contributed by atoms with van der Waals surface area (Å²) in [6.45, 7) is 2.00. The zero-order valence-corrected chi connectivity index (χ0v) is 15.1. The highest BCUT2D eigenvalue weighted by Crippen LogP contribution is 2.48. The number of hydrogen-bond donors (Lipinski definition) is 2. The molecule has 4 aliphatic rings. The molecule has 1 amide bonds. The van der Waals surface area contributed by atoms with Crippen LogP contribution in [0.1, 0.15) is 26.2 Å². The maximum Gasteiger partial charge on any atom is 0.341 e. The van der Waals surface area contributed by atoms with Gasteiger partial charge in [0.15, 0.2) is 5.83 Å². The number of rotatable bonds is 4. The van der Waals surface area contributed by atoms with E-state index in [1.807, 2.05) is 0 Å². The lowest BCUT2D eigenvalue weighted by molar-refractivity contribution is -0.138. The molecule has 0 aromatic carbocycles. The molecule has 3 unspecified atom stereocenters. The van der Waals surface area contributed by atoms with Gasteiger partial charge in [0.2, 0.25) is 0 Å². The van der Waals surface area contributed by atoms with Gasteiger partial charge in [-0.3, -0.25) is 4.79 Å². The second kappa shape index (κ2) is 6.15. The van der Waals surface area contributed by atoms with Crippen LogP contribution in [0.15, 0.2) is 34.9 Å². The van der Waals surface area contributed by atoms with Crippen LogP contribution in [-0.4, -0.2) is 58.1 Å². The Morgan fingerprint density at radius 2 is 2.15 bits per heavy atom. The molecular weight excluding hydrogens is 356 g/mol. The lowest BCUT2D eigenvalue weighted by atomic mass is 9.81.